The van der Waals surface area contributed by atoms with E-state index in [-0.39, 0.29) is 11.4 Å². The molecule has 0 amide bonds. The summed E-state index contributed by atoms with van der Waals surface area (Å²) >= 11 is 1.43. The zero-order chi connectivity index (χ0) is 15.3. The summed E-state index contributed by atoms with van der Waals surface area (Å²) in [6.45, 7) is 4.78. The zero-order valence-electron chi connectivity index (χ0n) is 12.0. The fourth-order valence-corrected chi connectivity index (χ4v) is 3.65. The molecule has 0 aliphatic rings. The Kier molecular flexibility index (Phi) is 5.27. The molecule has 0 spiro atoms. The largest absolute Gasteiger partial charge is 0.369 e. The molecule has 0 bridgehead atoms. The summed E-state index contributed by atoms with van der Waals surface area (Å²) in [4.78, 5) is 9.29. The Bertz CT molecular complexity index is 698. The highest BCUT2D eigenvalue weighted by atomic mass is 32.2. The van der Waals surface area contributed by atoms with Gasteiger partial charge in [-0.25, -0.2) is 23.1 Å². The number of aryl methyl sites for hydroxylation is 1. The van der Waals surface area contributed by atoms with Gasteiger partial charge in [-0.05, 0) is 25.5 Å². The monoisotopic (exact) mass is 326 g/mol. The van der Waals surface area contributed by atoms with Gasteiger partial charge in [0.05, 0.1) is 11.2 Å². The first-order valence-corrected chi connectivity index (χ1v) is 8.98. The number of nitrogens with one attached hydrogen (secondary N) is 2. The predicted octanol–water partition coefficient (Wildman–Crippen LogP) is 2.15. The smallest absolute Gasteiger partial charge is 0.244 e. The van der Waals surface area contributed by atoms with E-state index in [1.807, 2.05) is 13.8 Å². The van der Waals surface area contributed by atoms with Crippen LogP contribution in [0.5, 0.6) is 0 Å². The van der Waals surface area contributed by atoms with Crippen molar-refractivity contribution in [3.63, 3.8) is 0 Å². The quantitative estimate of drug-likeness (QED) is 0.814. The van der Waals surface area contributed by atoms with E-state index in [4.69, 9.17) is 0 Å². The average molecular weight is 326 g/mol. The van der Waals surface area contributed by atoms with Crippen LogP contribution in [-0.2, 0) is 16.6 Å². The second-order valence-corrected chi connectivity index (χ2v) is 7.14. The molecule has 0 radical (unpaired) electrons. The molecule has 0 aliphatic carbocycles. The van der Waals surface area contributed by atoms with E-state index in [9.17, 15) is 8.42 Å². The zero-order valence-corrected chi connectivity index (χ0v) is 13.6. The minimum Gasteiger partial charge on any atom is -0.369 e. The second kappa shape index (κ2) is 6.97. The van der Waals surface area contributed by atoms with Gasteiger partial charge in [0.2, 0.25) is 10.0 Å². The molecule has 2 aromatic heterocycles. The van der Waals surface area contributed by atoms with Gasteiger partial charge in [-0.1, -0.05) is 6.92 Å². The van der Waals surface area contributed by atoms with Crippen LogP contribution in [0.1, 0.15) is 23.9 Å². The van der Waals surface area contributed by atoms with Crippen LogP contribution in [-0.4, -0.2) is 24.9 Å². The summed E-state index contributed by atoms with van der Waals surface area (Å²) in [5.74, 6) is 0.382. The van der Waals surface area contributed by atoms with Crippen LogP contribution >= 0.6 is 11.3 Å². The number of anilines is 1. The van der Waals surface area contributed by atoms with E-state index < -0.39 is 10.0 Å². The summed E-state index contributed by atoms with van der Waals surface area (Å²) in [6, 6.07) is 3.16. The molecule has 114 valence electrons. The van der Waals surface area contributed by atoms with Gasteiger partial charge in [0.15, 0.2) is 0 Å². The summed E-state index contributed by atoms with van der Waals surface area (Å²) in [5, 5.41) is 3.03. The molecule has 8 heteroatoms. The summed E-state index contributed by atoms with van der Waals surface area (Å²) in [6.07, 6.45) is 2.47. The fraction of sp³-hybridized carbons (Fsp3) is 0.385. The Labute approximate surface area is 128 Å². The molecule has 0 aromatic carbocycles. The highest BCUT2D eigenvalue weighted by molar-refractivity contribution is 7.89. The number of pyridine rings is 1. The van der Waals surface area contributed by atoms with E-state index >= 15 is 0 Å². The molecular weight excluding hydrogens is 308 g/mol. The predicted molar refractivity (Wildman–Crippen MR) is 83.9 cm³/mol. The number of aromatic nitrogens is 2. The van der Waals surface area contributed by atoms with Gasteiger partial charge in [-0.3, -0.25) is 0 Å². The van der Waals surface area contributed by atoms with E-state index in [2.05, 4.69) is 20.0 Å². The molecule has 0 saturated carbocycles. The molecule has 0 unspecified atom stereocenters. The van der Waals surface area contributed by atoms with E-state index in [0.29, 0.717) is 12.4 Å². The standard InChI is InChI=1S/C13H18N4O2S2/c1-3-6-14-13-12(5-4-7-15-13)21(18,19)17-8-11-10(2)16-9-20-11/h4-5,7,9,17H,3,6,8H2,1-2H3,(H,14,15). The number of rotatable bonds is 7. The number of sulfonamides is 1. The lowest BCUT2D eigenvalue weighted by atomic mass is 10.4. The number of nitrogens with zero attached hydrogens (tertiary/aromatic N) is 2. The van der Waals surface area contributed by atoms with Crippen molar-refractivity contribution in [1.82, 2.24) is 14.7 Å². The van der Waals surface area contributed by atoms with E-state index in [1.54, 1.807) is 23.8 Å². The second-order valence-electron chi connectivity index (χ2n) is 4.46. The van der Waals surface area contributed by atoms with Crippen LogP contribution in [0.3, 0.4) is 0 Å². The first kappa shape index (κ1) is 15.9. The van der Waals surface area contributed by atoms with Crippen molar-refractivity contribution in [1.29, 1.82) is 0 Å². The first-order chi connectivity index (χ1) is 10.0. The van der Waals surface area contributed by atoms with Crippen molar-refractivity contribution < 1.29 is 8.42 Å². The normalized spacial score (nSPS) is 11.5. The molecule has 2 rings (SSSR count). The van der Waals surface area contributed by atoms with Crippen LogP contribution in [0, 0.1) is 6.92 Å². The van der Waals surface area contributed by atoms with Crippen LogP contribution in [0.4, 0.5) is 5.82 Å². The minimum atomic E-state index is -3.61. The molecule has 21 heavy (non-hydrogen) atoms. The number of hydrogen-bond acceptors (Lipinski definition) is 6. The Morgan fingerprint density at radius 1 is 1.33 bits per heavy atom. The minimum absolute atomic E-state index is 0.167. The van der Waals surface area contributed by atoms with Crippen molar-refractivity contribution in [3.05, 3.63) is 34.4 Å². The van der Waals surface area contributed by atoms with E-state index in [1.165, 1.54) is 11.3 Å². The van der Waals surface area contributed by atoms with Gasteiger partial charge in [0.1, 0.15) is 10.7 Å². The maximum atomic E-state index is 12.4. The van der Waals surface area contributed by atoms with Crippen molar-refractivity contribution in [3.8, 4) is 0 Å². The highest BCUT2D eigenvalue weighted by Crippen LogP contribution is 2.19. The number of hydrogen-bond donors (Lipinski definition) is 2. The summed E-state index contributed by atoms with van der Waals surface area (Å²) in [5.41, 5.74) is 2.55. The highest BCUT2D eigenvalue weighted by Gasteiger charge is 2.19. The van der Waals surface area contributed by atoms with Crippen molar-refractivity contribution in [2.45, 2.75) is 31.7 Å². The van der Waals surface area contributed by atoms with Crippen molar-refractivity contribution in [2.24, 2.45) is 0 Å². The summed E-state index contributed by atoms with van der Waals surface area (Å²) in [7, 11) is -3.61. The lowest BCUT2D eigenvalue weighted by Gasteiger charge is -2.11. The third-order valence-corrected chi connectivity index (χ3v) is 5.24. The molecule has 2 aromatic rings. The molecule has 0 atom stereocenters. The molecule has 0 fully saturated rings. The van der Waals surface area contributed by atoms with Gasteiger partial charge in [0, 0.05) is 24.2 Å². The maximum absolute atomic E-state index is 12.4. The SMILES string of the molecule is CCCNc1ncccc1S(=O)(=O)NCc1scnc1C. The average Bonchev–Trinajstić information content (AvgIpc) is 2.89. The number of thiazole rings is 1. The Balaban J connectivity index is 2.17. The van der Waals surface area contributed by atoms with Crippen LogP contribution in [0.15, 0.2) is 28.7 Å². The van der Waals surface area contributed by atoms with Gasteiger partial charge in [-0.2, -0.15) is 0 Å². The molecule has 0 saturated heterocycles. The lowest BCUT2D eigenvalue weighted by Crippen LogP contribution is -2.24. The third kappa shape index (κ3) is 3.99. The Hall–Kier alpha value is -1.51. The molecule has 2 N–H and O–H groups in total. The lowest BCUT2D eigenvalue weighted by molar-refractivity contribution is 0.581. The molecule has 6 nitrogen and oxygen atoms in total. The molecular formula is C13H18N4O2S2. The molecule has 0 aliphatic heterocycles. The Morgan fingerprint density at radius 3 is 2.81 bits per heavy atom. The van der Waals surface area contributed by atoms with Gasteiger partial charge in [-0.15, -0.1) is 11.3 Å². The molecule has 2 heterocycles. The maximum Gasteiger partial charge on any atom is 0.244 e. The van der Waals surface area contributed by atoms with Crippen LogP contribution in [0.2, 0.25) is 0 Å². The van der Waals surface area contributed by atoms with Gasteiger partial charge < -0.3 is 5.32 Å². The third-order valence-electron chi connectivity index (χ3n) is 2.87. The van der Waals surface area contributed by atoms with Gasteiger partial charge >= 0.3 is 0 Å². The summed E-state index contributed by atoms with van der Waals surface area (Å²) < 4.78 is 27.4. The topological polar surface area (TPSA) is 84.0 Å². The van der Waals surface area contributed by atoms with Crippen molar-refractivity contribution in [2.75, 3.05) is 11.9 Å². The van der Waals surface area contributed by atoms with Crippen LogP contribution in [0.25, 0.3) is 0 Å². The van der Waals surface area contributed by atoms with Crippen LogP contribution < -0.4 is 10.0 Å². The fourth-order valence-electron chi connectivity index (χ4n) is 1.72. The van der Waals surface area contributed by atoms with Crippen molar-refractivity contribution >= 4 is 27.2 Å². The first-order valence-electron chi connectivity index (χ1n) is 6.62. The Morgan fingerprint density at radius 2 is 2.14 bits per heavy atom. The van der Waals surface area contributed by atoms with E-state index in [0.717, 1.165) is 17.0 Å². The van der Waals surface area contributed by atoms with Gasteiger partial charge in [0.25, 0.3) is 0 Å².